The van der Waals surface area contributed by atoms with E-state index in [2.05, 4.69) is 15.8 Å². The maximum Gasteiger partial charge on any atom is 0.315 e. The number of rotatable bonds is 3. The average molecular weight is 223 g/mol. The van der Waals surface area contributed by atoms with Gasteiger partial charge in [-0.1, -0.05) is 5.16 Å². The number of urea groups is 1. The highest BCUT2D eigenvalue weighted by atomic mass is 16.5. The number of hydrogen-bond acceptors (Lipinski definition) is 3. The highest BCUT2D eigenvalue weighted by Gasteiger charge is 2.25. The van der Waals surface area contributed by atoms with Crippen LogP contribution in [0.2, 0.25) is 0 Å². The quantitative estimate of drug-likeness (QED) is 0.821. The molecule has 16 heavy (non-hydrogen) atoms. The van der Waals surface area contributed by atoms with Crippen molar-refractivity contribution in [3.63, 3.8) is 0 Å². The Bertz CT molecular complexity index is 376. The molecule has 1 aliphatic carbocycles. The van der Waals surface area contributed by atoms with Crippen molar-refractivity contribution in [2.45, 2.75) is 45.7 Å². The first kappa shape index (κ1) is 11.0. The Morgan fingerprint density at radius 1 is 1.50 bits per heavy atom. The maximum atomic E-state index is 11.5. The summed E-state index contributed by atoms with van der Waals surface area (Å²) in [7, 11) is 0. The normalized spacial score (nSPS) is 16.9. The van der Waals surface area contributed by atoms with Crippen molar-refractivity contribution in [3.8, 4) is 0 Å². The minimum atomic E-state index is -0.116. The summed E-state index contributed by atoms with van der Waals surface area (Å²) in [4.78, 5) is 11.5. The summed E-state index contributed by atoms with van der Waals surface area (Å²) in [5.74, 6) is 0.761. The van der Waals surface area contributed by atoms with Gasteiger partial charge in [-0.15, -0.1) is 0 Å². The molecule has 5 nitrogen and oxygen atoms in total. The van der Waals surface area contributed by atoms with E-state index >= 15 is 0 Å². The van der Waals surface area contributed by atoms with Crippen LogP contribution in [0.1, 0.15) is 42.8 Å². The van der Waals surface area contributed by atoms with Gasteiger partial charge in [0, 0.05) is 11.6 Å². The molecule has 0 saturated heterocycles. The minimum Gasteiger partial charge on any atom is -0.361 e. The molecule has 2 N–H and O–H groups in total. The van der Waals surface area contributed by atoms with Gasteiger partial charge in [-0.25, -0.2) is 4.79 Å². The molecule has 0 bridgehead atoms. The van der Waals surface area contributed by atoms with Gasteiger partial charge in [-0.2, -0.15) is 0 Å². The Kier molecular flexibility index (Phi) is 2.85. The number of nitrogens with one attached hydrogen (secondary N) is 2. The van der Waals surface area contributed by atoms with Crippen molar-refractivity contribution in [1.29, 1.82) is 0 Å². The molecule has 1 unspecified atom stereocenters. The molecule has 1 aromatic heterocycles. The summed E-state index contributed by atoms with van der Waals surface area (Å²) >= 11 is 0. The molecule has 0 aliphatic heterocycles. The van der Waals surface area contributed by atoms with Gasteiger partial charge in [0.25, 0.3) is 0 Å². The second kappa shape index (κ2) is 4.15. The Morgan fingerprint density at radius 2 is 2.19 bits per heavy atom. The van der Waals surface area contributed by atoms with Gasteiger partial charge >= 0.3 is 6.03 Å². The standard InChI is InChI=1S/C11H17N3O2/c1-6(10-7(2)14-16-8(10)3)12-11(15)13-9-4-5-9/h6,9H,4-5H2,1-3H3,(H2,12,13,15). The number of carbonyl (C=O) groups is 1. The Balaban J connectivity index is 1.96. The molecule has 1 atom stereocenters. The lowest BCUT2D eigenvalue weighted by atomic mass is 10.1. The Labute approximate surface area is 94.6 Å². The fourth-order valence-electron chi connectivity index (χ4n) is 1.83. The lowest BCUT2D eigenvalue weighted by molar-refractivity contribution is 0.237. The maximum absolute atomic E-state index is 11.5. The summed E-state index contributed by atoms with van der Waals surface area (Å²) < 4.78 is 5.07. The Hall–Kier alpha value is -1.52. The predicted molar refractivity (Wildman–Crippen MR) is 59.1 cm³/mol. The molecule has 1 aliphatic rings. The summed E-state index contributed by atoms with van der Waals surface area (Å²) in [6.07, 6.45) is 2.18. The van der Waals surface area contributed by atoms with Gasteiger partial charge < -0.3 is 15.2 Å². The SMILES string of the molecule is Cc1noc(C)c1C(C)NC(=O)NC1CC1. The number of carbonyl (C=O) groups excluding carboxylic acids is 1. The van der Waals surface area contributed by atoms with Gasteiger partial charge in [-0.3, -0.25) is 0 Å². The van der Waals surface area contributed by atoms with Crippen molar-refractivity contribution in [1.82, 2.24) is 15.8 Å². The van der Waals surface area contributed by atoms with Crippen LogP contribution in [0.15, 0.2) is 4.52 Å². The smallest absolute Gasteiger partial charge is 0.315 e. The third-order valence-corrected chi connectivity index (χ3v) is 2.78. The third-order valence-electron chi connectivity index (χ3n) is 2.78. The first-order chi connectivity index (χ1) is 7.58. The van der Waals surface area contributed by atoms with E-state index in [4.69, 9.17) is 4.52 Å². The highest BCUT2D eigenvalue weighted by molar-refractivity contribution is 5.75. The largest absolute Gasteiger partial charge is 0.361 e. The van der Waals surface area contributed by atoms with E-state index in [9.17, 15) is 4.79 Å². The topological polar surface area (TPSA) is 67.2 Å². The van der Waals surface area contributed by atoms with Crippen LogP contribution in [0, 0.1) is 13.8 Å². The van der Waals surface area contributed by atoms with Crippen LogP contribution in [-0.2, 0) is 0 Å². The van der Waals surface area contributed by atoms with E-state index in [0.717, 1.165) is 29.9 Å². The van der Waals surface area contributed by atoms with Gasteiger partial charge in [0.15, 0.2) is 0 Å². The molecule has 0 spiro atoms. The van der Waals surface area contributed by atoms with E-state index in [1.54, 1.807) is 0 Å². The molecule has 1 heterocycles. The van der Waals surface area contributed by atoms with Crippen LogP contribution in [0.3, 0.4) is 0 Å². The van der Waals surface area contributed by atoms with Crippen LogP contribution in [0.4, 0.5) is 4.79 Å². The van der Waals surface area contributed by atoms with Crippen molar-refractivity contribution in [3.05, 3.63) is 17.0 Å². The number of aromatic nitrogens is 1. The Morgan fingerprint density at radius 3 is 2.69 bits per heavy atom. The van der Waals surface area contributed by atoms with Gasteiger partial charge in [0.1, 0.15) is 5.76 Å². The fourth-order valence-corrected chi connectivity index (χ4v) is 1.83. The molecule has 1 aromatic rings. The van der Waals surface area contributed by atoms with Gasteiger partial charge in [-0.05, 0) is 33.6 Å². The van der Waals surface area contributed by atoms with Crippen molar-refractivity contribution >= 4 is 6.03 Å². The van der Waals surface area contributed by atoms with E-state index in [0.29, 0.717) is 6.04 Å². The zero-order valence-corrected chi connectivity index (χ0v) is 9.83. The molecule has 88 valence electrons. The zero-order chi connectivity index (χ0) is 11.7. The highest BCUT2D eigenvalue weighted by Crippen LogP contribution is 2.21. The molecule has 2 amide bonds. The first-order valence-corrected chi connectivity index (χ1v) is 5.57. The van der Waals surface area contributed by atoms with Gasteiger partial charge in [0.05, 0.1) is 11.7 Å². The van der Waals surface area contributed by atoms with E-state index in [-0.39, 0.29) is 12.1 Å². The fraction of sp³-hybridized carbons (Fsp3) is 0.636. The summed E-state index contributed by atoms with van der Waals surface area (Å²) in [6, 6.07) is 0.178. The zero-order valence-electron chi connectivity index (χ0n) is 9.83. The predicted octanol–water partition coefficient (Wildman–Crippen LogP) is 1.81. The lowest BCUT2D eigenvalue weighted by Crippen LogP contribution is -2.38. The van der Waals surface area contributed by atoms with Crippen LogP contribution < -0.4 is 10.6 Å². The van der Waals surface area contributed by atoms with E-state index < -0.39 is 0 Å². The lowest BCUT2D eigenvalue weighted by Gasteiger charge is -2.14. The summed E-state index contributed by atoms with van der Waals surface area (Å²) in [5, 5.41) is 9.64. The molecule has 0 aromatic carbocycles. The van der Waals surface area contributed by atoms with E-state index in [1.807, 2.05) is 20.8 Å². The molecule has 1 saturated carbocycles. The van der Waals surface area contributed by atoms with Crippen LogP contribution >= 0.6 is 0 Å². The van der Waals surface area contributed by atoms with Crippen molar-refractivity contribution in [2.24, 2.45) is 0 Å². The third kappa shape index (κ3) is 2.35. The molecule has 5 heteroatoms. The number of amides is 2. The minimum absolute atomic E-state index is 0.0787. The van der Waals surface area contributed by atoms with Crippen molar-refractivity contribution < 1.29 is 9.32 Å². The summed E-state index contributed by atoms with van der Waals surface area (Å²) in [6.45, 7) is 5.66. The number of hydrogen-bond donors (Lipinski definition) is 2. The molecule has 1 fully saturated rings. The number of nitrogens with zero attached hydrogens (tertiary/aromatic N) is 1. The second-order valence-electron chi connectivity index (χ2n) is 4.35. The first-order valence-electron chi connectivity index (χ1n) is 5.57. The molecular weight excluding hydrogens is 206 g/mol. The molecular formula is C11H17N3O2. The summed E-state index contributed by atoms with van der Waals surface area (Å²) in [5.41, 5.74) is 1.79. The monoisotopic (exact) mass is 223 g/mol. The van der Waals surface area contributed by atoms with Crippen LogP contribution in [0.5, 0.6) is 0 Å². The number of aryl methyl sites for hydroxylation is 2. The van der Waals surface area contributed by atoms with Gasteiger partial charge in [0.2, 0.25) is 0 Å². The second-order valence-corrected chi connectivity index (χ2v) is 4.35. The van der Waals surface area contributed by atoms with Crippen molar-refractivity contribution in [2.75, 3.05) is 0 Å². The van der Waals surface area contributed by atoms with E-state index in [1.165, 1.54) is 0 Å². The van der Waals surface area contributed by atoms with Crippen LogP contribution in [-0.4, -0.2) is 17.2 Å². The van der Waals surface area contributed by atoms with Crippen LogP contribution in [0.25, 0.3) is 0 Å². The average Bonchev–Trinajstić information content (AvgIpc) is 2.92. The molecule has 0 radical (unpaired) electrons. The molecule has 2 rings (SSSR count).